The van der Waals surface area contributed by atoms with Gasteiger partial charge in [-0.15, -0.1) is 0 Å². The van der Waals surface area contributed by atoms with Crippen molar-refractivity contribution in [2.45, 2.75) is 24.9 Å². The van der Waals surface area contributed by atoms with E-state index in [2.05, 4.69) is 51.2 Å². The highest BCUT2D eigenvalue weighted by Crippen LogP contribution is 2.40. The molecule has 1 aliphatic heterocycles. The number of aliphatic carboxylic acids is 1. The van der Waals surface area contributed by atoms with Gasteiger partial charge in [-0.25, -0.2) is 0 Å². The first-order valence-corrected chi connectivity index (χ1v) is 10.2. The molecule has 5 heteroatoms. The van der Waals surface area contributed by atoms with Gasteiger partial charge in [-0.1, -0.05) is 52.3 Å². The predicted molar refractivity (Wildman–Crippen MR) is 114 cm³/mol. The predicted octanol–water partition coefficient (Wildman–Crippen LogP) is 5.25. The summed E-state index contributed by atoms with van der Waals surface area (Å²) in [5.41, 5.74) is 2.04. The molecule has 1 aliphatic rings. The number of hydrogen-bond acceptors (Lipinski definition) is 3. The van der Waals surface area contributed by atoms with Crippen molar-refractivity contribution in [3.8, 4) is 5.75 Å². The van der Waals surface area contributed by atoms with E-state index < -0.39 is 12.0 Å². The summed E-state index contributed by atoms with van der Waals surface area (Å²) in [6.45, 7) is 0.740. The maximum Gasteiger partial charge on any atom is 0.320 e. The van der Waals surface area contributed by atoms with Crippen LogP contribution < -0.4 is 4.74 Å². The van der Waals surface area contributed by atoms with Crippen LogP contribution in [0.5, 0.6) is 5.75 Å². The quantitative estimate of drug-likeness (QED) is 0.589. The number of carboxylic acids is 1. The molecular weight excluding hydrogens is 418 g/mol. The van der Waals surface area contributed by atoms with E-state index in [9.17, 15) is 9.90 Å². The zero-order chi connectivity index (χ0) is 19.7. The maximum absolute atomic E-state index is 11.9. The summed E-state index contributed by atoms with van der Waals surface area (Å²) in [6, 6.07) is 19.8. The van der Waals surface area contributed by atoms with Crippen LogP contribution in [0.25, 0.3) is 10.8 Å². The van der Waals surface area contributed by atoms with Crippen molar-refractivity contribution in [1.29, 1.82) is 0 Å². The van der Waals surface area contributed by atoms with Crippen LogP contribution >= 0.6 is 15.9 Å². The lowest BCUT2D eigenvalue weighted by Gasteiger charge is -2.33. The molecule has 0 spiro atoms. The van der Waals surface area contributed by atoms with E-state index >= 15 is 0 Å². The van der Waals surface area contributed by atoms with Crippen LogP contribution in [0.3, 0.4) is 0 Å². The largest absolute Gasteiger partial charge is 0.496 e. The highest BCUT2D eigenvalue weighted by molar-refractivity contribution is 9.10. The molecule has 1 saturated heterocycles. The van der Waals surface area contributed by atoms with E-state index in [1.54, 1.807) is 7.11 Å². The zero-order valence-corrected chi connectivity index (χ0v) is 17.2. The number of ether oxygens (including phenoxy) is 1. The number of halogens is 1. The summed E-state index contributed by atoms with van der Waals surface area (Å²) in [5, 5.41) is 12.1. The first-order chi connectivity index (χ1) is 13.6. The Balaban J connectivity index is 1.90. The summed E-state index contributed by atoms with van der Waals surface area (Å²) >= 11 is 3.57. The second kappa shape index (κ2) is 7.94. The molecule has 2 unspecified atom stereocenters. The van der Waals surface area contributed by atoms with E-state index in [-0.39, 0.29) is 6.04 Å². The molecule has 4 nitrogen and oxygen atoms in total. The van der Waals surface area contributed by atoms with Crippen LogP contribution in [0.2, 0.25) is 0 Å². The Labute approximate surface area is 172 Å². The number of rotatable bonds is 5. The SMILES string of the molecule is COc1ccc(Br)cc1C(c1ccc2ccccc2c1)N1CCCC1C(=O)O. The Morgan fingerprint density at radius 1 is 1.14 bits per heavy atom. The second-order valence-corrected chi connectivity index (χ2v) is 8.05. The number of benzene rings is 3. The van der Waals surface area contributed by atoms with Gasteiger partial charge in [-0.3, -0.25) is 9.69 Å². The maximum atomic E-state index is 11.9. The molecule has 1 fully saturated rings. The minimum atomic E-state index is -0.766. The molecule has 3 aromatic carbocycles. The standard InChI is InChI=1S/C23H22BrNO3/c1-28-21-11-10-18(24)14-19(21)22(25-12-4-7-20(25)23(26)27)17-9-8-15-5-2-3-6-16(15)13-17/h2-3,5-6,8-11,13-14,20,22H,4,7,12H2,1H3,(H,26,27). The third-order valence-electron chi connectivity index (χ3n) is 5.49. The Kier molecular flexibility index (Phi) is 5.38. The minimum absolute atomic E-state index is 0.194. The molecule has 28 heavy (non-hydrogen) atoms. The summed E-state index contributed by atoms with van der Waals surface area (Å²) in [6.07, 6.45) is 1.53. The molecule has 0 aliphatic carbocycles. The van der Waals surface area contributed by atoms with Crippen LogP contribution in [0.15, 0.2) is 65.1 Å². The molecule has 0 amide bonds. The molecule has 3 aromatic rings. The molecule has 0 aromatic heterocycles. The van der Waals surface area contributed by atoms with Gasteiger partial charge in [0, 0.05) is 16.6 Å². The number of fused-ring (bicyclic) bond motifs is 1. The van der Waals surface area contributed by atoms with Crippen molar-refractivity contribution in [3.05, 3.63) is 76.3 Å². The second-order valence-electron chi connectivity index (χ2n) is 7.13. The molecule has 4 rings (SSSR count). The first-order valence-electron chi connectivity index (χ1n) is 9.39. The van der Waals surface area contributed by atoms with Gasteiger partial charge in [-0.05, 0) is 53.4 Å². The average Bonchev–Trinajstić information content (AvgIpc) is 3.18. The number of hydrogen-bond donors (Lipinski definition) is 1. The third-order valence-corrected chi connectivity index (χ3v) is 5.98. The normalized spacial score (nSPS) is 18.3. The van der Waals surface area contributed by atoms with E-state index in [1.807, 2.05) is 30.3 Å². The van der Waals surface area contributed by atoms with Crippen LogP contribution in [0, 0.1) is 0 Å². The van der Waals surface area contributed by atoms with Crippen LogP contribution in [0.4, 0.5) is 0 Å². The fourth-order valence-electron chi connectivity index (χ4n) is 4.21. The summed E-state index contributed by atoms with van der Waals surface area (Å²) < 4.78 is 6.60. The lowest BCUT2D eigenvalue weighted by atomic mass is 9.93. The number of carboxylic acid groups (broad SMARTS) is 1. The number of methoxy groups -OCH3 is 1. The number of carbonyl (C=O) groups is 1. The van der Waals surface area contributed by atoms with E-state index in [0.29, 0.717) is 6.42 Å². The van der Waals surface area contributed by atoms with Gasteiger partial charge in [0.1, 0.15) is 11.8 Å². The number of likely N-dealkylation sites (tertiary alicyclic amines) is 1. The van der Waals surface area contributed by atoms with E-state index in [1.165, 1.54) is 5.39 Å². The van der Waals surface area contributed by atoms with Crippen molar-refractivity contribution >= 4 is 32.7 Å². The smallest absolute Gasteiger partial charge is 0.320 e. The monoisotopic (exact) mass is 439 g/mol. The molecule has 0 radical (unpaired) electrons. The van der Waals surface area contributed by atoms with Gasteiger partial charge in [0.2, 0.25) is 0 Å². The van der Waals surface area contributed by atoms with Gasteiger partial charge < -0.3 is 9.84 Å². The van der Waals surface area contributed by atoms with Crippen molar-refractivity contribution in [3.63, 3.8) is 0 Å². The minimum Gasteiger partial charge on any atom is -0.496 e. The Morgan fingerprint density at radius 2 is 1.93 bits per heavy atom. The van der Waals surface area contributed by atoms with Crippen LogP contribution in [0.1, 0.15) is 30.0 Å². The van der Waals surface area contributed by atoms with Crippen LogP contribution in [-0.2, 0) is 4.79 Å². The van der Waals surface area contributed by atoms with Crippen molar-refractivity contribution in [2.24, 2.45) is 0 Å². The molecule has 1 heterocycles. The van der Waals surface area contributed by atoms with Gasteiger partial charge in [0.05, 0.1) is 13.2 Å². The van der Waals surface area contributed by atoms with Crippen molar-refractivity contribution in [1.82, 2.24) is 4.90 Å². The molecular formula is C23H22BrNO3. The fraction of sp³-hybridized carbons (Fsp3) is 0.261. The number of nitrogens with zero attached hydrogens (tertiary/aromatic N) is 1. The molecule has 2 atom stereocenters. The van der Waals surface area contributed by atoms with E-state index in [4.69, 9.17) is 4.74 Å². The Hall–Kier alpha value is -2.37. The lowest BCUT2D eigenvalue weighted by Crippen LogP contribution is -2.39. The fourth-order valence-corrected chi connectivity index (χ4v) is 4.59. The van der Waals surface area contributed by atoms with Crippen LogP contribution in [-0.4, -0.2) is 35.7 Å². The Bertz CT molecular complexity index is 1020. The topological polar surface area (TPSA) is 49.8 Å². The van der Waals surface area contributed by atoms with Gasteiger partial charge in [0.15, 0.2) is 0 Å². The van der Waals surface area contributed by atoms with Gasteiger partial charge in [-0.2, -0.15) is 0 Å². The zero-order valence-electron chi connectivity index (χ0n) is 15.6. The Morgan fingerprint density at radius 3 is 2.68 bits per heavy atom. The summed E-state index contributed by atoms with van der Waals surface area (Å²) in [5.74, 6) is -0.00495. The average molecular weight is 440 g/mol. The molecule has 1 N–H and O–H groups in total. The molecule has 0 bridgehead atoms. The van der Waals surface area contributed by atoms with E-state index in [0.717, 1.165) is 39.7 Å². The van der Waals surface area contributed by atoms with Crippen molar-refractivity contribution in [2.75, 3.05) is 13.7 Å². The van der Waals surface area contributed by atoms with Gasteiger partial charge in [0.25, 0.3) is 0 Å². The highest BCUT2D eigenvalue weighted by Gasteiger charge is 2.38. The first kappa shape index (κ1) is 19.0. The molecule has 0 saturated carbocycles. The summed E-state index contributed by atoms with van der Waals surface area (Å²) in [4.78, 5) is 14.0. The summed E-state index contributed by atoms with van der Waals surface area (Å²) in [7, 11) is 1.66. The highest BCUT2D eigenvalue weighted by atomic mass is 79.9. The van der Waals surface area contributed by atoms with Gasteiger partial charge >= 0.3 is 5.97 Å². The third kappa shape index (κ3) is 3.52. The molecule has 144 valence electrons. The van der Waals surface area contributed by atoms with Crippen molar-refractivity contribution < 1.29 is 14.6 Å². The lowest BCUT2D eigenvalue weighted by molar-refractivity contribution is -0.142.